The molecule has 28 heavy (non-hydrogen) atoms. The van der Waals surface area contributed by atoms with E-state index in [4.69, 9.17) is 12.2 Å². The average molecular weight is 391 g/mol. The molecule has 2 unspecified atom stereocenters. The van der Waals surface area contributed by atoms with Crippen LogP contribution in [0.1, 0.15) is 29.9 Å². The van der Waals surface area contributed by atoms with Crippen molar-refractivity contribution in [3.8, 4) is 5.69 Å². The molecule has 0 radical (unpaired) electrons. The highest BCUT2D eigenvalue weighted by Gasteiger charge is 2.30. The zero-order chi connectivity index (χ0) is 19.1. The first-order valence-electron chi connectivity index (χ1n) is 9.13. The maximum absolute atomic E-state index is 13.2. The van der Waals surface area contributed by atoms with Gasteiger partial charge in [-0.05, 0) is 47.8 Å². The lowest BCUT2D eigenvalue weighted by molar-refractivity contribution is 0.534. The third kappa shape index (κ3) is 2.93. The molecular weight excluding hydrogens is 373 g/mol. The summed E-state index contributed by atoms with van der Waals surface area (Å²) in [5.41, 5.74) is 8.64. The van der Waals surface area contributed by atoms with E-state index < -0.39 is 0 Å². The number of nitrogens with one attached hydrogen (secondary N) is 3. The lowest BCUT2D eigenvalue weighted by atomic mass is 10.0. The number of hydrazine groups is 1. The van der Waals surface area contributed by atoms with E-state index in [-0.39, 0.29) is 17.9 Å². The van der Waals surface area contributed by atoms with Crippen molar-refractivity contribution in [3.63, 3.8) is 0 Å². The van der Waals surface area contributed by atoms with Gasteiger partial charge in [0, 0.05) is 11.4 Å². The van der Waals surface area contributed by atoms with E-state index in [2.05, 4.69) is 45.3 Å². The Hall–Kier alpha value is -2.87. The summed E-state index contributed by atoms with van der Waals surface area (Å²) in [7, 11) is 0. The van der Waals surface area contributed by atoms with E-state index in [1.807, 2.05) is 22.8 Å². The van der Waals surface area contributed by atoms with E-state index in [9.17, 15) is 4.39 Å². The Morgan fingerprint density at radius 1 is 0.929 bits per heavy atom. The number of halogens is 1. The lowest BCUT2D eigenvalue weighted by Crippen LogP contribution is -2.28. The number of fused-ring (bicyclic) bond motifs is 1. The largest absolute Gasteiger partial charge is 0.270 e. The Morgan fingerprint density at radius 2 is 1.68 bits per heavy atom. The summed E-state index contributed by atoms with van der Waals surface area (Å²) in [5, 5.41) is 9.71. The van der Waals surface area contributed by atoms with Gasteiger partial charge in [-0.2, -0.15) is 5.10 Å². The number of nitrogens with zero attached hydrogens (tertiary/aromatic N) is 2. The molecule has 5 rings (SSSR count). The van der Waals surface area contributed by atoms with Crippen LogP contribution < -0.4 is 10.9 Å². The summed E-state index contributed by atoms with van der Waals surface area (Å²) in [4.78, 5) is 0. The number of hydrogen-bond donors (Lipinski definition) is 3. The molecule has 4 aromatic rings. The van der Waals surface area contributed by atoms with Crippen molar-refractivity contribution in [3.05, 3.63) is 88.7 Å². The molecule has 0 saturated carbocycles. The first-order valence-corrected chi connectivity index (χ1v) is 9.53. The molecule has 1 aliphatic heterocycles. The Bertz CT molecular complexity index is 1190. The number of rotatable bonds is 3. The molecule has 140 valence electrons. The zero-order valence-corrected chi connectivity index (χ0v) is 15.7. The van der Waals surface area contributed by atoms with Crippen molar-refractivity contribution >= 4 is 23.0 Å². The number of aromatic nitrogens is 3. The quantitative estimate of drug-likeness (QED) is 0.450. The van der Waals surface area contributed by atoms with Crippen LogP contribution in [-0.2, 0) is 0 Å². The van der Waals surface area contributed by atoms with Crippen molar-refractivity contribution in [1.29, 1.82) is 0 Å². The van der Waals surface area contributed by atoms with Gasteiger partial charge in [-0.15, -0.1) is 0 Å². The summed E-state index contributed by atoms with van der Waals surface area (Å²) in [5.74, 6) is 0.585. The van der Waals surface area contributed by atoms with Crippen LogP contribution in [0.3, 0.4) is 0 Å². The standard InChI is InChI=1S/C21H18FN5S/c22-15-10-8-14(9-11-15)17-12-18(24-23-17)20-25-26-21(28)27(20)19-7-3-5-13-4-1-2-6-16(13)19/h1-11,17-18,23-24H,12H2,(H,26,28). The van der Waals surface area contributed by atoms with E-state index in [0.29, 0.717) is 4.77 Å². The number of benzene rings is 3. The van der Waals surface area contributed by atoms with Gasteiger partial charge in [0.25, 0.3) is 0 Å². The predicted octanol–water partition coefficient (Wildman–Crippen LogP) is 4.50. The molecule has 0 amide bonds. The molecule has 2 heterocycles. The van der Waals surface area contributed by atoms with E-state index >= 15 is 0 Å². The molecule has 0 spiro atoms. The topological polar surface area (TPSA) is 57.7 Å². The number of hydrogen-bond acceptors (Lipinski definition) is 4. The van der Waals surface area contributed by atoms with Crippen LogP contribution in [0, 0.1) is 10.6 Å². The summed E-state index contributed by atoms with van der Waals surface area (Å²) in [6.45, 7) is 0. The SMILES string of the molecule is Fc1ccc(C2CC(c3n[nH]c(=S)n3-c3cccc4ccccc34)NN2)cc1. The molecule has 0 aliphatic carbocycles. The van der Waals surface area contributed by atoms with Crippen LogP contribution >= 0.6 is 12.2 Å². The maximum atomic E-state index is 13.2. The van der Waals surface area contributed by atoms with Crippen LogP contribution in [0.15, 0.2) is 66.7 Å². The van der Waals surface area contributed by atoms with Gasteiger partial charge >= 0.3 is 0 Å². The van der Waals surface area contributed by atoms with Crippen molar-refractivity contribution in [2.24, 2.45) is 0 Å². The van der Waals surface area contributed by atoms with Crippen LogP contribution in [0.25, 0.3) is 16.5 Å². The number of aromatic amines is 1. The molecule has 1 aromatic heterocycles. The van der Waals surface area contributed by atoms with Crippen LogP contribution in [0.5, 0.6) is 0 Å². The average Bonchev–Trinajstić information content (AvgIpc) is 3.35. The molecule has 2 atom stereocenters. The van der Waals surface area contributed by atoms with Crippen LogP contribution in [-0.4, -0.2) is 14.8 Å². The van der Waals surface area contributed by atoms with Crippen LogP contribution in [0.2, 0.25) is 0 Å². The molecule has 1 fully saturated rings. The Kier molecular flexibility index (Phi) is 4.27. The second-order valence-corrected chi connectivity index (χ2v) is 7.29. The van der Waals surface area contributed by atoms with Gasteiger partial charge in [0.1, 0.15) is 5.82 Å². The normalized spacial score (nSPS) is 19.3. The lowest BCUT2D eigenvalue weighted by Gasteiger charge is -2.14. The highest BCUT2D eigenvalue weighted by molar-refractivity contribution is 7.71. The van der Waals surface area contributed by atoms with Gasteiger partial charge in [-0.3, -0.25) is 9.67 Å². The fourth-order valence-electron chi connectivity index (χ4n) is 3.82. The molecule has 5 nitrogen and oxygen atoms in total. The van der Waals surface area contributed by atoms with Crippen molar-refractivity contribution in [2.45, 2.75) is 18.5 Å². The predicted molar refractivity (Wildman–Crippen MR) is 109 cm³/mol. The van der Waals surface area contributed by atoms with E-state index in [1.165, 1.54) is 12.1 Å². The van der Waals surface area contributed by atoms with Crippen molar-refractivity contribution in [2.75, 3.05) is 0 Å². The summed E-state index contributed by atoms with van der Waals surface area (Å²) >= 11 is 5.55. The minimum atomic E-state index is -0.233. The molecule has 3 N–H and O–H groups in total. The third-order valence-corrected chi connectivity index (χ3v) is 5.47. The smallest absolute Gasteiger partial charge is 0.199 e. The van der Waals surface area contributed by atoms with Gasteiger partial charge in [0.05, 0.1) is 11.7 Å². The zero-order valence-electron chi connectivity index (χ0n) is 14.9. The monoisotopic (exact) mass is 391 g/mol. The Labute approximate surface area is 166 Å². The minimum absolute atomic E-state index is 0.0398. The molecule has 1 saturated heterocycles. The van der Waals surface area contributed by atoms with E-state index in [1.54, 1.807) is 12.1 Å². The second-order valence-electron chi connectivity index (χ2n) is 6.90. The van der Waals surface area contributed by atoms with Gasteiger partial charge in [0.15, 0.2) is 10.6 Å². The van der Waals surface area contributed by atoms with Crippen molar-refractivity contribution in [1.82, 2.24) is 25.6 Å². The highest BCUT2D eigenvalue weighted by Crippen LogP contribution is 2.32. The molecule has 7 heteroatoms. The summed E-state index contributed by atoms with van der Waals surface area (Å²) < 4.78 is 15.8. The van der Waals surface area contributed by atoms with Gasteiger partial charge in [-0.25, -0.2) is 15.2 Å². The fourth-order valence-corrected chi connectivity index (χ4v) is 4.06. The van der Waals surface area contributed by atoms with Crippen LogP contribution in [0.4, 0.5) is 4.39 Å². The second kappa shape index (κ2) is 6.94. The fraction of sp³-hybridized carbons (Fsp3) is 0.143. The molecular formula is C21H18FN5S. The van der Waals surface area contributed by atoms with Gasteiger partial charge < -0.3 is 0 Å². The molecule has 3 aromatic carbocycles. The first-order chi connectivity index (χ1) is 13.7. The Balaban J connectivity index is 1.53. The molecule has 1 aliphatic rings. The highest BCUT2D eigenvalue weighted by atomic mass is 32.1. The minimum Gasteiger partial charge on any atom is -0.270 e. The first kappa shape index (κ1) is 17.2. The van der Waals surface area contributed by atoms with Crippen molar-refractivity contribution < 1.29 is 4.39 Å². The maximum Gasteiger partial charge on any atom is 0.199 e. The summed E-state index contributed by atoms with van der Waals surface area (Å²) in [6.07, 6.45) is 0.774. The van der Waals surface area contributed by atoms with Gasteiger partial charge in [0.2, 0.25) is 0 Å². The third-order valence-electron chi connectivity index (χ3n) is 5.19. The van der Waals surface area contributed by atoms with E-state index in [0.717, 1.165) is 34.3 Å². The molecule has 0 bridgehead atoms. The Morgan fingerprint density at radius 3 is 2.54 bits per heavy atom. The summed E-state index contributed by atoms with van der Waals surface area (Å²) in [6, 6.07) is 21.0. The van der Waals surface area contributed by atoms with Gasteiger partial charge in [-0.1, -0.05) is 48.5 Å². The number of H-pyrrole nitrogens is 1.